The highest BCUT2D eigenvalue weighted by atomic mass is 16.5. The van der Waals surface area contributed by atoms with E-state index in [1.807, 2.05) is 6.92 Å². The van der Waals surface area contributed by atoms with Gasteiger partial charge in [0.15, 0.2) is 0 Å². The topological polar surface area (TPSA) is 35.2 Å². The van der Waals surface area contributed by atoms with Gasteiger partial charge >= 0.3 is 0 Å². The van der Waals surface area contributed by atoms with Gasteiger partial charge in [-0.2, -0.15) is 0 Å². The highest BCUT2D eigenvalue weighted by Crippen LogP contribution is 2.35. The van der Waals surface area contributed by atoms with Gasteiger partial charge in [0.05, 0.1) is 6.10 Å². The molecule has 90 valence electrons. The number of ether oxygens (including phenoxy) is 1. The Bertz CT molecular complexity index is 173. The minimum absolute atomic E-state index is 0.206. The van der Waals surface area contributed by atoms with Crippen LogP contribution in [0.5, 0.6) is 0 Å². The maximum absolute atomic E-state index is 6.28. The Kier molecular flexibility index (Phi) is 5.07. The maximum Gasteiger partial charge on any atom is 0.0700 e. The lowest BCUT2D eigenvalue weighted by Gasteiger charge is -2.37. The average Bonchev–Trinajstić information content (AvgIpc) is 2.15. The molecule has 0 amide bonds. The third-order valence-electron chi connectivity index (χ3n) is 3.73. The SMILES string of the molecule is CCOC(C)C(N)C1CC(C)CC(C)C1. The van der Waals surface area contributed by atoms with Gasteiger partial charge in [-0.1, -0.05) is 13.8 Å². The first-order valence-corrected chi connectivity index (χ1v) is 6.41. The summed E-state index contributed by atoms with van der Waals surface area (Å²) in [6.07, 6.45) is 4.13. The van der Waals surface area contributed by atoms with Gasteiger partial charge in [-0.05, 0) is 50.9 Å². The lowest BCUT2D eigenvalue weighted by Crippen LogP contribution is -2.44. The Hall–Kier alpha value is -0.0800. The van der Waals surface area contributed by atoms with Crippen molar-refractivity contribution in [2.75, 3.05) is 6.61 Å². The van der Waals surface area contributed by atoms with Crippen LogP contribution < -0.4 is 5.73 Å². The normalized spacial score (nSPS) is 36.2. The molecule has 1 saturated carbocycles. The lowest BCUT2D eigenvalue weighted by atomic mass is 9.73. The molecule has 2 N–H and O–H groups in total. The Morgan fingerprint density at radius 2 is 1.73 bits per heavy atom. The van der Waals surface area contributed by atoms with Crippen LogP contribution in [0.25, 0.3) is 0 Å². The number of hydrogen-bond donors (Lipinski definition) is 1. The molecule has 4 atom stereocenters. The fraction of sp³-hybridized carbons (Fsp3) is 1.00. The molecule has 1 fully saturated rings. The lowest BCUT2D eigenvalue weighted by molar-refractivity contribution is 0.0278. The van der Waals surface area contributed by atoms with Crippen LogP contribution in [0.1, 0.15) is 47.0 Å². The zero-order valence-electron chi connectivity index (χ0n) is 10.7. The second kappa shape index (κ2) is 5.86. The summed E-state index contributed by atoms with van der Waals surface area (Å²) >= 11 is 0. The van der Waals surface area contributed by atoms with Crippen molar-refractivity contribution >= 4 is 0 Å². The van der Waals surface area contributed by atoms with Crippen LogP contribution in [0.2, 0.25) is 0 Å². The molecule has 0 aliphatic heterocycles. The third-order valence-corrected chi connectivity index (χ3v) is 3.73. The van der Waals surface area contributed by atoms with Crippen LogP contribution in [-0.4, -0.2) is 18.8 Å². The summed E-state index contributed by atoms with van der Waals surface area (Å²) in [7, 11) is 0. The van der Waals surface area contributed by atoms with Crippen molar-refractivity contribution in [1.82, 2.24) is 0 Å². The van der Waals surface area contributed by atoms with Gasteiger partial charge in [0, 0.05) is 12.6 Å². The van der Waals surface area contributed by atoms with Crippen LogP contribution in [0, 0.1) is 17.8 Å². The molecule has 1 aliphatic rings. The number of hydrogen-bond acceptors (Lipinski definition) is 2. The first-order valence-electron chi connectivity index (χ1n) is 6.41. The maximum atomic E-state index is 6.28. The van der Waals surface area contributed by atoms with E-state index in [-0.39, 0.29) is 12.1 Å². The fourth-order valence-electron chi connectivity index (χ4n) is 3.08. The first-order chi connectivity index (χ1) is 7.04. The molecule has 0 bridgehead atoms. The smallest absolute Gasteiger partial charge is 0.0700 e. The molecule has 0 heterocycles. The Balaban J connectivity index is 2.47. The third kappa shape index (κ3) is 3.76. The standard InChI is InChI=1S/C13H27NO/c1-5-15-11(4)13(14)12-7-9(2)6-10(3)8-12/h9-13H,5-8,14H2,1-4H3. The van der Waals surface area contributed by atoms with Crippen LogP contribution in [-0.2, 0) is 4.74 Å². The molecule has 0 aromatic heterocycles. The van der Waals surface area contributed by atoms with E-state index in [0.29, 0.717) is 5.92 Å². The van der Waals surface area contributed by atoms with Gasteiger partial charge < -0.3 is 10.5 Å². The Morgan fingerprint density at radius 1 is 1.20 bits per heavy atom. The fourth-order valence-corrected chi connectivity index (χ4v) is 3.08. The predicted octanol–water partition coefficient (Wildman–Crippen LogP) is 2.81. The molecule has 2 heteroatoms. The molecule has 4 unspecified atom stereocenters. The highest BCUT2D eigenvalue weighted by molar-refractivity contribution is 4.85. The summed E-state index contributed by atoms with van der Waals surface area (Å²) in [6.45, 7) is 9.61. The minimum atomic E-state index is 0.206. The summed E-state index contributed by atoms with van der Waals surface area (Å²) in [5.74, 6) is 2.32. The van der Waals surface area contributed by atoms with Gasteiger partial charge in [0.1, 0.15) is 0 Å². The van der Waals surface area contributed by atoms with Crippen molar-refractivity contribution in [3.63, 3.8) is 0 Å². The monoisotopic (exact) mass is 213 g/mol. The van der Waals surface area contributed by atoms with Crippen molar-refractivity contribution in [3.05, 3.63) is 0 Å². The summed E-state index contributed by atoms with van der Waals surface area (Å²) in [4.78, 5) is 0. The van der Waals surface area contributed by atoms with Crippen molar-refractivity contribution in [1.29, 1.82) is 0 Å². The summed E-state index contributed by atoms with van der Waals surface area (Å²) in [5, 5.41) is 0. The Morgan fingerprint density at radius 3 is 2.20 bits per heavy atom. The van der Waals surface area contributed by atoms with Crippen LogP contribution in [0.15, 0.2) is 0 Å². The van der Waals surface area contributed by atoms with Gasteiger partial charge in [-0.3, -0.25) is 0 Å². The van der Waals surface area contributed by atoms with E-state index in [1.165, 1.54) is 19.3 Å². The molecule has 1 aliphatic carbocycles. The molecular weight excluding hydrogens is 186 g/mol. The summed E-state index contributed by atoms with van der Waals surface area (Å²) in [6, 6.07) is 0.218. The molecular formula is C13H27NO. The van der Waals surface area contributed by atoms with Crippen molar-refractivity contribution < 1.29 is 4.74 Å². The van der Waals surface area contributed by atoms with E-state index in [0.717, 1.165) is 18.4 Å². The Labute approximate surface area is 94.6 Å². The van der Waals surface area contributed by atoms with E-state index >= 15 is 0 Å². The molecule has 0 aromatic carbocycles. The van der Waals surface area contributed by atoms with E-state index in [1.54, 1.807) is 0 Å². The van der Waals surface area contributed by atoms with Gasteiger partial charge in [-0.15, -0.1) is 0 Å². The molecule has 15 heavy (non-hydrogen) atoms. The second-order valence-corrected chi connectivity index (χ2v) is 5.42. The van der Waals surface area contributed by atoms with Crippen LogP contribution >= 0.6 is 0 Å². The van der Waals surface area contributed by atoms with Crippen molar-refractivity contribution in [2.24, 2.45) is 23.5 Å². The van der Waals surface area contributed by atoms with Gasteiger partial charge in [0.25, 0.3) is 0 Å². The van der Waals surface area contributed by atoms with Gasteiger partial charge in [-0.25, -0.2) is 0 Å². The van der Waals surface area contributed by atoms with Crippen LogP contribution in [0.4, 0.5) is 0 Å². The number of nitrogens with two attached hydrogens (primary N) is 1. The minimum Gasteiger partial charge on any atom is -0.377 e. The summed E-state index contributed by atoms with van der Waals surface area (Å²) < 4.78 is 5.60. The average molecular weight is 213 g/mol. The first kappa shape index (κ1) is 13.0. The predicted molar refractivity (Wildman–Crippen MR) is 64.7 cm³/mol. The molecule has 2 nitrogen and oxygen atoms in total. The largest absolute Gasteiger partial charge is 0.377 e. The van der Waals surface area contributed by atoms with Crippen molar-refractivity contribution in [2.45, 2.75) is 59.1 Å². The summed E-state index contributed by atoms with van der Waals surface area (Å²) in [5.41, 5.74) is 6.28. The van der Waals surface area contributed by atoms with E-state index in [4.69, 9.17) is 10.5 Å². The quantitative estimate of drug-likeness (QED) is 0.779. The molecule has 0 aromatic rings. The highest BCUT2D eigenvalue weighted by Gasteiger charge is 2.30. The molecule has 0 saturated heterocycles. The molecule has 0 radical (unpaired) electrons. The van der Waals surface area contributed by atoms with Gasteiger partial charge in [0.2, 0.25) is 0 Å². The second-order valence-electron chi connectivity index (χ2n) is 5.42. The number of rotatable bonds is 4. The van der Waals surface area contributed by atoms with Crippen LogP contribution in [0.3, 0.4) is 0 Å². The molecule has 0 spiro atoms. The zero-order chi connectivity index (χ0) is 11.4. The zero-order valence-corrected chi connectivity index (χ0v) is 10.7. The van der Waals surface area contributed by atoms with E-state index in [2.05, 4.69) is 20.8 Å². The van der Waals surface area contributed by atoms with Crippen molar-refractivity contribution in [3.8, 4) is 0 Å². The van der Waals surface area contributed by atoms with E-state index in [9.17, 15) is 0 Å². The van der Waals surface area contributed by atoms with E-state index < -0.39 is 0 Å². The molecule has 1 rings (SSSR count).